The van der Waals surface area contributed by atoms with Gasteiger partial charge in [0.1, 0.15) is 0 Å². The SMILES string of the molecule is FC(F)(F)c1ccccc1-c1nnc2ccccn12. The summed E-state index contributed by atoms with van der Waals surface area (Å²) in [6.45, 7) is 0. The highest BCUT2D eigenvalue weighted by Gasteiger charge is 2.34. The van der Waals surface area contributed by atoms with Crippen LogP contribution in [-0.4, -0.2) is 14.6 Å². The van der Waals surface area contributed by atoms with Crippen molar-refractivity contribution in [2.24, 2.45) is 0 Å². The largest absolute Gasteiger partial charge is 0.417 e. The number of fused-ring (bicyclic) bond motifs is 1. The van der Waals surface area contributed by atoms with Crippen molar-refractivity contribution in [1.29, 1.82) is 0 Å². The number of benzene rings is 1. The number of aromatic nitrogens is 3. The zero-order valence-corrected chi connectivity index (χ0v) is 9.59. The van der Waals surface area contributed by atoms with Crippen LogP contribution in [0, 0.1) is 0 Å². The van der Waals surface area contributed by atoms with Gasteiger partial charge in [0, 0.05) is 11.8 Å². The minimum absolute atomic E-state index is 0.0219. The third kappa shape index (κ3) is 1.95. The molecule has 0 aliphatic rings. The highest BCUT2D eigenvalue weighted by Crippen LogP contribution is 2.36. The lowest BCUT2D eigenvalue weighted by Crippen LogP contribution is -2.07. The lowest BCUT2D eigenvalue weighted by molar-refractivity contribution is -0.137. The fourth-order valence-electron chi connectivity index (χ4n) is 1.95. The normalized spacial score (nSPS) is 11.9. The van der Waals surface area contributed by atoms with Crippen LogP contribution < -0.4 is 0 Å². The molecular formula is C13H8F3N3. The van der Waals surface area contributed by atoms with Crippen LogP contribution in [0.5, 0.6) is 0 Å². The monoisotopic (exact) mass is 263 g/mol. The highest BCUT2D eigenvalue weighted by molar-refractivity contribution is 5.64. The molecular weight excluding hydrogens is 255 g/mol. The molecule has 2 heterocycles. The second-order valence-electron chi connectivity index (χ2n) is 4.00. The first-order valence-corrected chi connectivity index (χ1v) is 5.54. The van der Waals surface area contributed by atoms with Crippen LogP contribution in [-0.2, 0) is 6.18 Å². The summed E-state index contributed by atoms with van der Waals surface area (Å²) in [5.41, 5.74) is -0.184. The number of hydrogen-bond acceptors (Lipinski definition) is 2. The van der Waals surface area contributed by atoms with Crippen LogP contribution in [0.4, 0.5) is 13.2 Å². The van der Waals surface area contributed by atoms with Gasteiger partial charge < -0.3 is 0 Å². The van der Waals surface area contributed by atoms with Gasteiger partial charge in [0.15, 0.2) is 11.5 Å². The number of pyridine rings is 1. The first-order valence-electron chi connectivity index (χ1n) is 5.54. The lowest BCUT2D eigenvalue weighted by Gasteiger charge is -2.11. The van der Waals surface area contributed by atoms with E-state index in [2.05, 4.69) is 10.2 Å². The fraction of sp³-hybridized carbons (Fsp3) is 0.0769. The third-order valence-corrected chi connectivity index (χ3v) is 2.79. The second kappa shape index (κ2) is 4.08. The van der Waals surface area contributed by atoms with Gasteiger partial charge >= 0.3 is 6.18 Å². The number of alkyl halides is 3. The van der Waals surface area contributed by atoms with Crippen LogP contribution in [0.15, 0.2) is 48.7 Å². The van der Waals surface area contributed by atoms with E-state index in [0.29, 0.717) is 5.65 Å². The van der Waals surface area contributed by atoms with E-state index in [1.807, 2.05) is 0 Å². The average Bonchev–Trinajstić information content (AvgIpc) is 2.81. The van der Waals surface area contributed by atoms with Crippen molar-refractivity contribution in [3.8, 4) is 11.4 Å². The maximum absolute atomic E-state index is 13.0. The summed E-state index contributed by atoms with van der Waals surface area (Å²) in [5, 5.41) is 7.72. The van der Waals surface area contributed by atoms with Crippen molar-refractivity contribution >= 4 is 5.65 Å². The number of rotatable bonds is 1. The van der Waals surface area contributed by atoms with Crippen molar-refractivity contribution in [2.45, 2.75) is 6.18 Å². The molecule has 0 aliphatic carbocycles. The number of halogens is 3. The maximum atomic E-state index is 13.0. The smallest absolute Gasteiger partial charge is 0.282 e. The molecule has 0 saturated heterocycles. The van der Waals surface area contributed by atoms with E-state index >= 15 is 0 Å². The van der Waals surface area contributed by atoms with Crippen molar-refractivity contribution in [1.82, 2.24) is 14.6 Å². The molecule has 0 unspecified atom stereocenters. The molecule has 0 aliphatic heterocycles. The summed E-state index contributed by atoms with van der Waals surface area (Å²) in [7, 11) is 0. The summed E-state index contributed by atoms with van der Waals surface area (Å²) in [6.07, 6.45) is -2.78. The van der Waals surface area contributed by atoms with Crippen molar-refractivity contribution in [3.05, 3.63) is 54.2 Å². The lowest BCUT2D eigenvalue weighted by atomic mass is 10.1. The van der Waals surface area contributed by atoms with Crippen LogP contribution in [0.25, 0.3) is 17.0 Å². The van der Waals surface area contributed by atoms with E-state index in [1.165, 1.54) is 16.5 Å². The predicted molar refractivity (Wildman–Crippen MR) is 63.4 cm³/mol. The summed E-state index contributed by atoms with van der Waals surface area (Å²) >= 11 is 0. The topological polar surface area (TPSA) is 30.2 Å². The molecule has 0 radical (unpaired) electrons. The second-order valence-corrected chi connectivity index (χ2v) is 4.00. The van der Waals surface area contributed by atoms with Gasteiger partial charge in [0.05, 0.1) is 5.56 Å². The average molecular weight is 263 g/mol. The van der Waals surface area contributed by atoms with E-state index in [9.17, 15) is 13.2 Å². The van der Waals surface area contributed by atoms with Gasteiger partial charge in [0.2, 0.25) is 0 Å². The first-order chi connectivity index (χ1) is 9.07. The van der Waals surface area contributed by atoms with Gasteiger partial charge in [-0.05, 0) is 18.2 Å². The van der Waals surface area contributed by atoms with Crippen molar-refractivity contribution in [2.75, 3.05) is 0 Å². The zero-order chi connectivity index (χ0) is 13.5. The minimum atomic E-state index is -4.42. The molecule has 3 nitrogen and oxygen atoms in total. The van der Waals surface area contributed by atoms with E-state index in [1.54, 1.807) is 30.5 Å². The van der Waals surface area contributed by atoms with Crippen LogP contribution >= 0.6 is 0 Å². The Morgan fingerprint density at radius 1 is 0.895 bits per heavy atom. The van der Waals surface area contributed by atoms with Crippen LogP contribution in [0.3, 0.4) is 0 Å². The number of hydrogen-bond donors (Lipinski definition) is 0. The maximum Gasteiger partial charge on any atom is 0.417 e. The van der Waals surface area contributed by atoms with E-state index in [4.69, 9.17) is 0 Å². The Balaban J connectivity index is 2.28. The Bertz CT molecular complexity index is 731. The standard InChI is InChI=1S/C13H8F3N3/c14-13(15,16)10-6-2-1-5-9(10)12-18-17-11-7-3-4-8-19(11)12/h1-8H. The molecule has 0 saturated carbocycles. The summed E-state index contributed by atoms with van der Waals surface area (Å²) < 4.78 is 40.5. The summed E-state index contributed by atoms with van der Waals surface area (Å²) in [6, 6.07) is 10.5. The van der Waals surface area contributed by atoms with Crippen LogP contribution in [0.2, 0.25) is 0 Å². The molecule has 0 fully saturated rings. The fourth-order valence-corrected chi connectivity index (χ4v) is 1.95. The molecule has 0 spiro atoms. The predicted octanol–water partition coefficient (Wildman–Crippen LogP) is 3.42. The van der Waals surface area contributed by atoms with Gasteiger partial charge in [-0.15, -0.1) is 10.2 Å². The minimum Gasteiger partial charge on any atom is -0.282 e. The molecule has 6 heteroatoms. The third-order valence-electron chi connectivity index (χ3n) is 2.79. The Morgan fingerprint density at radius 2 is 1.63 bits per heavy atom. The summed E-state index contributed by atoms with van der Waals surface area (Å²) in [5.74, 6) is 0.184. The molecule has 0 bridgehead atoms. The van der Waals surface area contributed by atoms with Gasteiger partial charge in [-0.25, -0.2) is 0 Å². The van der Waals surface area contributed by atoms with Crippen molar-refractivity contribution in [3.63, 3.8) is 0 Å². The Labute approximate surface area is 106 Å². The molecule has 19 heavy (non-hydrogen) atoms. The molecule has 1 aromatic carbocycles. The summed E-state index contributed by atoms with van der Waals surface area (Å²) in [4.78, 5) is 0. The molecule has 0 atom stereocenters. The van der Waals surface area contributed by atoms with E-state index in [-0.39, 0.29) is 11.4 Å². The van der Waals surface area contributed by atoms with Gasteiger partial charge in [-0.1, -0.05) is 24.3 Å². The van der Waals surface area contributed by atoms with Gasteiger partial charge in [0.25, 0.3) is 0 Å². The van der Waals surface area contributed by atoms with E-state index in [0.717, 1.165) is 6.07 Å². The van der Waals surface area contributed by atoms with Crippen molar-refractivity contribution < 1.29 is 13.2 Å². The Kier molecular flexibility index (Phi) is 2.51. The first kappa shape index (κ1) is 11.7. The molecule has 3 rings (SSSR count). The molecule has 0 N–H and O–H groups in total. The molecule has 2 aromatic heterocycles. The Hall–Kier alpha value is -2.37. The van der Waals surface area contributed by atoms with Crippen LogP contribution in [0.1, 0.15) is 5.56 Å². The Morgan fingerprint density at radius 3 is 2.42 bits per heavy atom. The number of nitrogens with zero attached hydrogens (tertiary/aromatic N) is 3. The van der Waals surface area contributed by atoms with Gasteiger partial charge in [-0.3, -0.25) is 4.40 Å². The zero-order valence-electron chi connectivity index (χ0n) is 9.59. The molecule has 96 valence electrons. The molecule has 3 aromatic rings. The highest BCUT2D eigenvalue weighted by atomic mass is 19.4. The quantitative estimate of drug-likeness (QED) is 0.673. The van der Waals surface area contributed by atoms with E-state index < -0.39 is 11.7 Å². The van der Waals surface area contributed by atoms with Gasteiger partial charge in [-0.2, -0.15) is 13.2 Å². The molecule has 0 amide bonds.